The summed E-state index contributed by atoms with van der Waals surface area (Å²) in [6.45, 7) is 1.37. The molecule has 5 rings (SSSR count). The van der Waals surface area contributed by atoms with E-state index in [0.29, 0.717) is 36.6 Å². The van der Waals surface area contributed by atoms with E-state index in [1.54, 1.807) is 12.0 Å². The molecule has 0 aromatic heterocycles. The third-order valence-corrected chi connectivity index (χ3v) is 10.3. The second-order valence-electron chi connectivity index (χ2n) is 13.4. The van der Waals surface area contributed by atoms with Crippen LogP contribution in [-0.4, -0.2) is 91.1 Å². The fourth-order valence-electron chi connectivity index (χ4n) is 7.47. The number of likely N-dealkylation sites (tertiary alicyclic amines) is 1. The minimum absolute atomic E-state index is 0.117. The molecule has 1 heterocycles. The van der Waals surface area contributed by atoms with Gasteiger partial charge in [0.1, 0.15) is 5.75 Å². The number of piperidine rings is 1. The van der Waals surface area contributed by atoms with Crippen LogP contribution in [0.4, 0.5) is 10.5 Å². The van der Waals surface area contributed by atoms with E-state index in [1.165, 1.54) is 19.3 Å². The van der Waals surface area contributed by atoms with E-state index in [9.17, 15) is 9.59 Å². The summed E-state index contributed by atoms with van der Waals surface area (Å²) < 4.78 is 5.29. The zero-order chi connectivity index (χ0) is 31.8. The number of nitrogens with zero attached hydrogens (tertiary/aromatic N) is 3. The molecule has 1 atom stereocenters. The Morgan fingerprint density at radius 2 is 1.44 bits per heavy atom. The number of halogens is 1. The van der Waals surface area contributed by atoms with Crippen molar-refractivity contribution >= 4 is 29.2 Å². The number of hydrogen-bond acceptors (Lipinski definition) is 5. The van der Waals surface area contributed by atoms with E-state index in [2.05, 4.69) is 27.7 Å². The van der Waals surface area contributed by atoms with Gasteiger partial charge in [-0.15, -0.1) is 0 Å². The number of carbonyl (C=O) groups is 2. The molecule has 2 aromatic rings. The van der Waals surface area contributed by atoms with E-state index >= 15 is 0 Å². The number of rotatable bonds is 10. The standard InChI is InChI=1S/C36H52ClN5O3/c1-40(2)36(44)42(31-7-5-4-6-8-31)32-21-23-41(24-22-32)35(43)34(25-26-9-11-27(37)12-10-26)39-30-15-13-28(14-16-30)38-29-17-19-33(45-3)20-18-29/h9-12,17-20,28,30-32,34,38-39H,4-8,13-16,21-25H2,1-3H3/t28-,30+,34-/m1/s1. The maximum absolute atomic E-state index is 14.1. The Morgan fingerprint density at radius 3 is 2.04 bits per heavy atom. The molecule has 3 fully saturated rings. The summed E-state index contributed by atoms with van der Waals surface area (Å²) in [4.78, 5) is 33.4. The molecule has 1 aliphatic heterocycles. The van der Waals surface area contributed by atoms with Gasteiger partial charge in [-0.3, -0.25) is 4.79 Å². The SMILES string of the molecule is COc1ccc(N[C@H]2CC[C@@H](N[C@H](Cc3ccc(Cl)cc3)C(=O)N3CCC(N(C(=O)N(C)C)C4CCCCC4)CC3)CC2)cc1. The summed E-state index contributed by atoms with van der Waals surface area (Å²) >= 11 is 6.18. The molecule has 2 N–H and O–H groups in total. The van der Waals surface area contributed by atoms with E-state index < -0.39 is 0 Å². The summed E-state index contributed by atoms with van der Waals surface area (Å²) in [6.07, 6.45) is 12.2. The molecular formula is C36H52ClN5O3. The van der Waals surface area contributed by atoms with Crippen LogP contribution in [0, 0.1) is 0 Å². The third kappa shape index (κ3) is 9.07. The number of anilines is 1. The van der Waals surface area contributed by atoms with Crippen molar-refractivity contribution in [2.24, 2.45) is 0 Å². The van der Waals surface area contributed by atoms with Crippen molar-refractivity contribution in [3.63, 3.8) is 0 Å². The topological polar surface area (TPSA) is 77.1 Å². The number of hydrogen-bond donors (Lipinski definition) is 2. The molecule has 0 radical (unpaired) electrons. The van der Waals surface area contributed by atoms with Crippen molar-refractivity contribution in [2.75, 3.05) is 39.6 Å². The second kappa shape index (κ2) is 16.0. The average molecular weight is 638 g/mol. The van der Waals surface area contributed by atoms with E-state index in [1.807, 2.05) is 55.4 Å². The highest BCUT2D eigenvalue weighted by Crippen LogP contribution is 2.30. The number of ether oxygens (including phenoxy) is 1. The number of methoxy groups -OCH3 is 1. The monoisotopic (exact) mass is 637 g/mol. The molecule has 3 amide bonds. The summed E-state index contributed by atoms with van der Waals surface area (Å²) in [5.74, 6) is 1.03. The first kappa shape index (κ1) is 33.4. The predicted octanol–water partition coefficient (Wildman–Crippen LogP) is 6.58. The molecule has 2 aliphatic carbocycles. The first-order valence-electron chi connectivity index (χ1n) is 17.0. The van der Waals surface area contributed by atoms with Crippen molar-refractivity contribution < 1.29 is 14.3 Å². The van der Waals surface area contributed by atoms with Gasteiger partial charge in [0.2, 0.25) is 5.91 Å². The number of carbonyl (C=O) groups excluding carboxylic acids is 2. The largest absolute Gasteiger partial charge is 0.497 e. The van der Waals surface area contributed by atoms with Gasteiger partial charge in [0, 0.05) is 62.1 Å². The first-order valence-corrected chi connectivity index (χ1v) is 17.4. The molecule has 8 nitrogen and oxygen atoms in total. The van der Waals surface area contributed by atoms with Crippen LogP contribution in [0.15, 0.2) is 48.5 Å². The minimum Gasteiger partial charge on any atom is -0.497 e. The minimum atomic E-state index is -0.295. The second-order valence-corrected chi connectivity index (χ2v) is 13.8. The van der Waals surface area contributed by atoms with Crippen molar-refractivity contribution in [1.82, 2.24) is 20.0 Å². The number of urea groups is 1. The average Bonchev–Trinajstić information content (AvgIpc) is 3.07. The van der Waals surface area contributed by atoms with Gasteiger partial charge < -0.3 is 30.1 Å². The van der Waals surface area contributed by atoms with Crippen molar-refractivity contribution in [3.8, 4) is 5.75 Å². The maximum atomic E-state index is 14.1. The Kier molecular flexibility index (Phi) is 11.9. The lowest BCUT2D eigenvalue weighted by molar-refractivity contribution is -0.135. The Balaban J connectivity index is 1.20. The van der Waals surface area contributed by atoms with Crippen LogP contribution >= 0.6 is 11.6 Å². The lowest BCUT2D eigenvalue weighted by atomic mass is 9.89. The molecule has 2 aromatic carbocycles. The fourth-order valence-corrected chi connectivity index (χ4v) is 7.60. The number of nitrogens with one attached hydrogen (secondary N) is 2. The van der Waals surface area contributed by atoms with Crippen molar-refractivity contribution in [3.05, 3.63) is 59.1 Å². The normalized spacial score (nSPS) is 22.0. The Morgan fingerprint density at radius 1 is 0.844 bits per heavy atom. The van der Waals surface area contributed by atoms with Crippen molar-refractivity contribution in [1.29, 1.82) is 0 Å². The van der Waals surface area contributed by atoms with Gasteiger partial charge in [0.25, 0.3) is 0 Å². The van der Waals surface area contributed by atoms with Crippen molar-refractivity contribution in [2.45, 2.75) is 107 Å². The Bertz CT molecular complexity index is 1220. The van der Waals surface area contributed by atoms with Crippen LogP contribution in [0.25, 0.3) is 0 Å². The van der Waals surface area contributed by atoms with Gasteiger partial charge >= 0.3 is 6.03 Å². The molecule has 1 saturated heterocycles. The molecular weight excluding hydrogens is 586 g/mol. The molecule has 45 heavy (non-hydrogen) atoms. The molecule has 0 bridgehead atoms. The van der Waals surface area contributed by atoms with Gasteiger partial charge in [-0.25, -0.2) is 4.79 Å². The van der Waals surface area contributed by atoms with E-state index in [0.717, 1.165) is 68.4 Å². The molecule has 0 spiro atoms. The Labute approximate surface area is 274 Å². The highest BCUT2D eigenvalue weighted by Gasteiger charge is 2.37. The summed E-state index contributed by atoms with van der Waals surface area (Å²) in [5.41, 5.74) is 2.22. The highest BCUT2D eigenvalue weighted by molar-refractivity contribution is 6.30. The first-order chi connectivity index (χ1) is 21.8. The van der Waals surface area contributed by atoms with Gasteiger partial charge in [-0.2, -0.15) is 0 Å². The quantitative estimate of drug-likeness (QED) is 0.308. The molecule has 246 valence electrons. The highest BCUT2D eigenvalue weighted by atomic mass is 35.5. The third-order valence-electron chi connectivity index (χ3n) is 10.0. The van der Waals surface area contributed by atoms with Gasteiger partial charge in [0.15, 0.2) is 0 Å². The van der Waals surface area contributed by atoms with Crippen LogP contribution in [0.3, 0.4) is 0 Å². The predicted molar refractivity (Wildman–Crippen MR) is 182 cm³/mol. The smallest absolute Gasteiger partial charge is 0.319 e. The summed E-state index contributed by atoms with van der Waals surface area (Å²) in [7, 11) is 5.39. The molecule has 9 heteroatoms. The fraction of sp³-hybridized carbons (Fsp3) is 0.611. The molecule has 3 aliphatic rings. The van der Waals surface area contributed by atoms with Crippen LogP contribution in [-0.2, 0) is 11.2 Å². The van der Waals surface area contributed by atoms with Gasteiger partial charge in [0.05, 0.1) is 13.2 Å². The van der Waals surface area contributed by atoms with Crippen LogP contribution in [0.5, 0.6) is 5.75 Å². The molecule has 0 unspecified atom stereocenters. The summed E-state index contributed by atoms with van der Waals surface area (Å²) in [6, 6.07) is 17.0. The van der Waals surface area contributed by atoms with Crippen LogP contribution in [0.2, 0.25) is 5.02 Å². The van der Waals surface area contributed by atoms with Crippen LogP contribution < -0.4 is 15.4 Å². The lowest BCUT2D eigenvalue weighted by Crippen LogP contribution is -2.58. The number of benzene rings is 2. The maximum Gasteiger partial charge on any atom is 0.319 e. The number of amides is 3. The Hall–Kier alpha value is -2.97. The van der Waals surface area contributed by atoms with Crippen LogP contribution in [0.1, 0.15) is 76.2 Å². The molecule has 2 saturated carbocycles. The zero-order valence-corrected chi connectivity index (χ0v) is 28.1. The summed E-state index contributed by atoms with van der Waals surface area (Å²) in [5, 5.41) is 8.17. The van der Waals surface area contributed by atoms with Gasteiger partial charge in [-0.05, 0) is 99.7 Å². The van der Waals surface area contributed by atoms with E-state index in [4.69, 9.17) is 16.3 Å². The lowest BCUT2D eigenvalue weighted by Gasteiger charge is -2.45. The zero-order valence-electron chi connectivity index (χ0n) is 27.3. The van der Waals surface area contributed by atoms with Gasteiger partial charge in [-0.1, -0.05) is 43.0 Å². The van der Waals surface area contributed by atoms with E-state index in [-0.39, 0.29) is 30.1 Å².